The molecule has 13 nitrogen and oxygen atoms in total. The van der Waals surface area contributed by atoms with Crippen LogP contribution in [0.2, 0.25) is 21.1 Å². The van der Waals surface area contributed by atoms with E-state index in [1.54, 1.807) is 6.07 Å². The highest BCUT2D eigenvalue weighted by Crippen LogP contribution is 2.28. The SMILES string of the molecule is COS(=O)(=O)c1cc(Cc2nc(Cl)nc(Cl)n2)ccc1/C=C/c1ccc(Nc2nc(Cl)nc(Cl)n2)cc1S(=O)(=O)OC. The number of nitrogens with zero attached hydrogens (tertiary/aromatic N) is 6. The molecule has 0 fully saturated rings. The molecule has 0 bridgehead atoms. The molecule has 0 amide bonds. The fourth-order valence-electron chi connectivity index (χ4n) is 3.51. The minimum Gasteiger partial charge on any atom is -0.324 e. The van der Waals surface area contributed by atoms with Crippen LogP contribution in [0.15, 0.2) is 46.2 Å². The van der Waals surface area contributed by atoms with Crippen LogP contribution in [0.1, 0.15) is 22.5 Å². The van der Waals surface area contributed by atoms with Crippen molar-refractivity contribution in [2.45, 2.75) is 16.2 Å². The highest BCUT2D eigenvalue weighted by atomic mass is 35.5. The lowest BCUT2D eigenvalue weighted by Crippen LogP contribution is -2.07. The summed E-state index contributed by atoms with van der Waals surface area (Å²) >= 11 is 23.3. The van der Waals surface area contributed by atoms with E-state index < -0.39 is 20.2 Å². The van der Waals surface area contributed by atoms with Gasteiger partial charge in [-0.2, -0.15) is 36.8 Å². The monoisotopic (exact) mass is 691 g/mol. The molecule has 1 N–H and O–H groups in total. The van der Waals surface area contributed by atoms with Crippen molar-refractivity contribution in [3.8, 4) is 0 Å². The lowest BCUT2D eigenvalue weighted by Gasteiger charge is -2.11. The molecule has 0 radical (unpaired) electrons. The van der Waals surface area contributed by atoms with Gasteiger partial charge >= 0.3 is 0 Å². The lowest BCUT2D eigenvalue weighted by atomic mass is 10.1. The number of hydrogen-bond acceptors (Lipinski definition) is 13. The standard InChI is InChI=1S/C23H17Cl4N7O6S2/c1-39-41(35,36)16-9-12(10-18-29-19(24)31-20(25)30-18)3-4-13(16)5-6-14-7-8-15(11-17(14)42(37,38)40-2)28-23-33-21(26)32-22(27)34-23/h3-9,11H,10H2,1-2H3,(H,28,32,33,34)/b6-5+. The zero-order chi connectivity index (χ0) is 30.7. The third kappa shape index (κ3) is 7.87. The molecule has 4 aromatic rings. The zero-order valence-corrected chi connectivity index (χ0v) is 25.9. The highest BCUT2D eigenvalue weighted by Gasteiger charge is 2.21. The number of benzene rings is 2. The van der Waals surface area contributed by atoms with E-state index in [1.807, 2.05) is 0 Å². The van der Waals surface area contributed by atoms with Gasteiger partial charge in [0.2, 0.25) is 27.1 Å². The lowest BCUT2D eigenvalue weighted by molar-refractivity contribution is 0.396. The Morgan fingerprint density at radius 1 is 0.690 bits per heavy atom. The quantitative estimate of drug-likeness (QED) is 0.177. The van der Waals surface area contributed by atoms with E-state index in [4.69, 9.17) is 54.8 Å². The number of aromatic nitrogens is 6. The maximum absolute atomic E-state index is 12.8. The molecule has 0 aliphatic rings. The predicted octanol–water partition coefficient (Wildman–Crippen LogP) is 4.85. The van der Waals surface area contributed by atoms with Gasteiger partial charge in [0.15, 0.2) is 0 Å². The second kappa shape index (κ2) is 13.1. The van der Waals surface area contributed by atoms with Crippen molar-refractivity contribution in [1.29, 1.82) is 0 Å². The van der Waals surface area contributed by atoms with Crippen molar-refractivity contribution in [2.75, 3.05) is 19.5 Å². The molecule has 19 heteroatoms. The number of hydrogen-bond donors (Lipinski definition) is 1. The second-order valence-electron chi connectivity index (χ2n) is 7.99. The summed E-state index contributed by atoms with van der Waals surface area (Å²) in [5.74, 6) is 0.189. The number of halogens is 4. The molecule has 2 aromatic carbocycles. The van der Waals surface area contributed by atoms with E-state index in [0.29, 0.717) is 5.56 Å². The molecule has 4 rings (SSSR count). The summed E-state index contributed by atoms with van der Waals surface area (Å²) in [6.07, 6.45) is 2.90. The highest BCUT2D eigenvalue weighted by molar-refractivity contribution is 7.87. The van der Waals surface area contributed by atoms with E-state index in [1.165, 1.54) is 42.5 Å². The van der Waals surface area contributed by atoms with Crippen molar-refractivity contribution < 1.29 is 25.2 Å². The van der Waals surface area contributed by atoms with E-state index in [0.717, 1.165) is 14.2 Å². The third-order valence-corrected chi connectivity index (χ3v) is 8.68. The van der Waals surface area contributed by atoms with Gasteiger partial charge in [-0.3, -0.25) is 8.37 Å². The van der Waals surface area contributed by atoms with Crippen LogP contribution in [0.5, 0.6) is 0 Å². The fraction of sp³-hybridized carbons (Fsp3) is 0.130. The molecule has 0 aliphatic carbocycles. The molecular weight excluding hydrogens is 676 g/mol. The van der Waals surface area contributed by atoms with E-state index >= 15 is 0 Å². The normalized spacial score (nSPS) is 12.1. The van der Waals surface area contributed by atoms with Gasteiger partial charge in [0.1, 0.15) is 15.6 Å². The van der Waals surface area contributed by atoms with Gasteiger partial charge in [-0.15, -0.1) is 0 Å². The van der Waals surface area contributed by atoms with Crippen LogP contribution >= 0.6 is 46.4 Å². The molecule has 220 valence electrons. The van der Waals surface area contributed by atoms with Crippen LogP contribution in [-0.2, 0) is 35.0 Å². The Hall–Kier alpha value is -3.02. The van der Waals surface area contributed by atoms with Gasteiger partial charge in [-0.25, -0.2) is 9.97 Å². The third-order valence-electron chi connectivity index (χ3n) is 5.34. The van der Waals surface area contributed by atoms with Gasteiger partial charge < -0.3 is 5.32 Å². The van der Waals surface area contributed by atoms with Gasteiger partial charge in [0.05, 0.1) is 14.2 Å². The van der Waals surface area contributed by atoms with Gasteiger partial charge in [0.25, 0.3) is 20.2 Å². The predicted molar refractivity (Wildman–Crippen MR) is 156 cm³/mol. The molecule has 0 saturated carbocycles. The Morgan fingerprint density at radius 2 is 1.17 bits per heavy atom. The average Bonchev–Trinajstić information content (AvgIpc) is 2.91. The largest absolute Gasteiger partial charge is 0.324 e. The molecule has 2 aromatic heterocycles. The minimum atomic E-state index is -4.24. The zero-order valence-electron chi connectivity index (χ0n) is 21.3. The van der Waals surface area contributed by atoms with E-state index in [-0.39, 0.29) is 65.9 Å². The van der Waals surface area contributed by atoms with Crippen molar-refractivity contribution in [2.24, 2.45) is 0 Å². The summed E-state index contributed by atoms with van der Waals surface area (Å²) in [6.45, 7) is 0. The summed E-state index contributed by atoms with van der Waals surface area (Å²) in [4.78, 5) is 22.6. The molecule has 42 heavy (non-hydrogen) atoms. The molecule has 0 saturated heterocycles. The summed E-state index contributed by atoms with van der Waals surface area (Å²) in [5.41, 5.74) is 1.13. The smallest absolute Gasteiger partial charge is 0.297 e. The molecule has 0 atom stereocenters. The van der Waals surface area contributed by atoms with Crippen LogP contribution < -0.4 is 5.32 Å². The molecular formula is C23H17Cl4N7O6S2. The molecule has 0 unspecified atom stereocenters. The van der Waals surface area contributed by atoms with E-state index in [2.05, 4.69) is 35.2 Å². The maximum Gasteiger partial charge on any atom is 0.297 e. The Labute approximate surface area is 260 Å². The first-order valence-electron chi connectivity index (χ1n) is 11.3. The van der Waals surface area contributed by atoms with E-state index in [9.17, 15) is 16.8 Å². The summed E-state index contributed by atoms with van der Waals surface area (Å²) in [6, 6.07) is 8.77. The number of nitrogens with one attached hydrogen (secondary N) is 1. The van der Waals surface area contributed by atoms with Gasteiger partial charge in [0, 0.05) is 12.1 Å². The van der Waals surface area contributed by atoms with Crippen LogP contribution in [0.3, 0.4) is 0 Å². The topological polar surface area (TPSA) is 176 Å². The summed E-state index contributed by atoms with van der Waals surface area (Å²) in [7, 11) is -6.42. The summed E-state index contributed by atoms with van der Waals surface area (Å²) < 4.78 is 60.6. The molecule has 0 aliphatic heterocycles. The maximum atomic E-state index is 12.8. The first-order valence-corrected chi connectivity index (χ1v) is 15.6. The van der Waals surface area contributed by atoms with Crippen LogP contribution in [0.25, 0.3) is 12.2 Å². The van der Waals surface area contributed by atoms with Crippen molar-refractivity contribution >= 4 is 90.4 Å². The average molecular weight is 693 g/mol. The fourth-order valence-corrected chi connectivity index (χ4v) is 6.04. The molecule has 0 spiro atoms. The van der Waals surface area contributed by atoms with Gasteiger partial charge in [-0.1, -0.05) is 30.4 Å². The first kappa shape index (κ1) is 31.9. The number of anilines is 2. The van der Waals surface area contributed by atoms with Crippen LogP contribution in [-0.4, -0.2) is 61.0 Å². The Balaban J connectivity index is 1.73. The first-order chi connectivity index (χ1) is 19.8. The second-order valence-corrected chi connectivity index (χ2v) is 12.7. The van der Waals surface area contributed by atoms with Crippen LogP contribution in [0.4, 0.5) is 11.6 Å². The van der Waals surface area contributed by atoms with Gasteiger partial charge in [-0.05, 0) is 81.3 Å². The Kier molecular flexibility index (Phi) is 9.95. The summed E-state index contributed by atoms with van der Waals surface area (Å²) in [5, 5.41) is 2.22. The van der Waals surface area contributed by atoms with Crippen molar-refractivity contribution in [1.82, 2.24) is 29.9 Å². The Bertz CT molecular complexity index is 1730. The molecule has 2 heterocycles. The Morgan fingerprint density at radius 3 is 1.69 bits per heavy atom. The number of rotatable bonds is 10. The van der Waals surface area contributed by atoms with Crippen molar-refractivity contribution in [3.05, 3.63) is 80.0 Å². The minimum absolute atomic E-state index is 0.0275. The van der Waals surface area contributed by atoms with Crippen molar-refractivity contribution in [3.63, 3.8) is 0 Å². The van der Waals surface area contributed by atoms with Crippen LogP contribution in [0, 0.1) is 0 Å².